The van der Waals surface area contributed by atoms with Gasteiger partial charge in [-0.3, -0.25) is 4.79 Å². The maximum absolute atomic E-state index is 11.5. The molecule has 0 atom stereocenters. The van der Waals surface area contributed by atoms with Gasteiger partial charge in [0.25, 0.3) is 5.91 Å². The van der Waals surface area contributed by atoms with Gasteiger partial charge in [-0.25, -0.2) is 0 Å². The van der Waals surface area contributed by atoms with Gasteiger partial charge < -0.3 is 9.88 Å². The summed E-state index contributed by atoms with van der Waals surface area (Å²) in [7, 11) is 1.80. The van der Waals surface area contributed by atoms with Crippen LogP contribution in [0.15, 0.2) is 18.3 Å². The fraction of sp³-hybridized carbons (Fsp3) is 0.444. The Morgan fingerprint density at radius 1 is 1.58 bits per heavy atom. The number of carbonyl (C=O) groups excluding carboxylic acids is 1. The molecule has 0 unspecified atom stereocenters. The molecule has 12 heavy (non-hydrogen) atoms. The van der Waals surface area contributed by atoms with Gasteiger partial charge in [-0.05, 0) is 26.0 Å². The minimum absolute atomic E-state index is 0.0370. The predicted molar refractivity (Wildman–Crippen MR) is 48.0 cm³/mol. The third-order valence-corrected chi connectivity index (χ3v) is 1.92. The molecule has 0 aromatic carbocycles. The fourth-order valence-corrected chi connectivity index (χ4v) is 0.888. The molecule has 1 aromatic heterocycles. The van der Waals surface area contributed by atoms with Crippen molar-refractivity contribution in [3.05, 3.63) is 24.0 Å². The second-order valence-corrected chi connectivity index (χ2v) is 3.09. The van der Waals surface area contributed by atoms with E-state index >= 15 is 0 Å². The molecule has 1 rings (SSSR count). The average molecular weight is 166 g/mol. The second-order valence-electron chi connectivity index (χ2n) is 3.09. The van der Waals surface area contributed by atoms with Crippen LogP contribution in [0.25, 0.3) is 0 Å². The Labute approximate surface area is 72.4 Å². The number of nitrogens with zero attached hydrogens (tertiary/aromatic N) is 1. The number of hydrogen-bond donors (Lipinski definition) is 1. The molecule has 1 amide bonds. The highest BCUT2D eigenvalue weighted by Crippen LogP contribution is 2.02. The van der Waals surface area contributed by atoms with Crippen LogP contribution < -0.4 is 0 Å². The number of H-pyrrole nitrogens is 1. The summed E-state index contributed by atoms with van der Waals surface area (Å²) >= 11 is 0. The summed E-state index contributed by atoms with van der Waals surface area (Å²) < 4.78 is 0. The number of rotatable bonds is 2. The molecule has 1 heterocycles. The van der Waals surface area contributed by atoms with E-state index in [4.69, 9.17) is 0 Å². The minimum atomic E-state index is 0.0370. The molecule has 0 aliphatic carbocycles. The summed E-state index contributed by atoms with van der Waals surface area (Å²) in [5.74, 6) is 0.0370. The van der Waals surface area contributed by atoms with Crippen LogP contribution in [0.1, 0.15) is 24.3 Å². The Morgan fingerprint density at radius 3 is 2.67 bits per heavy atom. The van der Waals surface area contributed by atoms with Crippen LogP contribution in [0.5, 0.6) is 0 Å². The molecule has 3 heteroatoms. The van der Waals surface area contributed by atoms with Crippen LogP contribution in [0.3, 0.4) is 0 Å². The van der Waals surface area contributed by atoms with E-state index in [2.05, 4.69) is 4.98 Å². The summed E-state index contributed by atoms with van der Waals surface area (Å²) in [6.45, 7) is 3.97. The minimum Gasteiger partial charge on any atom is -0.357 e. The Balaban J connectivity index is 2.72. The molecule has 0 radical (unpaired) electrons. The maximum atomic E-state index is 11.5. The Hall–Kier alpha value is -1.25. The van der Waals surface area contributed by atoms with Crippen LogP contribution in [0.2, 0.25) is 0 Å². The van der Waals surface area contributed by atoms with E-state index < -0.39 is 0 Å². The lowest BCUT2D eigenvalue weighted by Gasteiger charge is -2.20. The Kier molecular flexibility index (Phi) is 2.53. The first-order chi connectivity index (χ1) is 5.63. The lowest BCUT2D eigenvalue weighted by atomic mass is 10.3. The molecule has 1 aromatic rings. The van der Waals surface area contributed by atoms with E-state index in [1.807, 2.05) is 19.9 Å². The summed E-state index contributed by atoms with van der Waals surface area (Å²) in [6, 6.07) is 3.84. The maximum Gasteiger partial charge on any atom is 0.270 e. The molecule has 3 nitrogen and oxygen atoms in total. The van der Waals surface area contributed by atoms with Gasteiger partial charge in [0.2, 0.25) is 0 Å². The van der Waals surface area contributed by atoms with Gasteiger partial charge >= 0.3 is 0 Å². The van der Waals surface area contributed by atoms with Crippen molar-refractivity contribution in [2.45, 2.75) is 19.9 Å². The molecule has 0 aliphatic rings. The van der Waals surface area contributed by atoms with Crippen molar-refractivity contribution < 1.29 is 4.79 Å². The first-order valence-electron chi connectivity index (χ1n) is 4.03. The summed E-state index contributed by atoms with van der Waals surface area (Å²) in [4.78, 5) is 16.1. The highest BCUT2D eigenvalue weighted by molar-refractivity contribution is 5.92. The highest BCUT2D eigenvalue weighted by Gasteiger charge is 2.13. The van der Waals surface area contributed by atoms with Crippen molar-refractivity contribution >= 4 is 5.91 Å². The fourth-order valence-electron chi connectivity index (χ4n) is 0.888. The lowest BCUT2D eigenvalue weighted by molar-refractivity contribution is 0.0750. The molecule has 0 fully saturated rings. The molecule has 0 spiro atoms. The number of carbonyl (C=O) groups is 1. The topological polar surface area (TPSA) is 36.1 Å². The van der Waals surface area contributed by atoms with Gasteiger partial charge in [-0.1, -0.05) is 0 Å². The van der Waals surface area contributed by atoms with E-state index in [0.717, 1.165) is 0 Å². The van der Waals surface area contributed by atoms with Crippen molar-refractivity contribution in [3.63, 3.8) is 0 Å². The first kappa shape index (κ1) is 8.84. The first-order valence-corrected chi connectivity index (χ1v) is 4.03. The molecule has 0 saturated carbocycles. The van der Waals surface area contributed by atoms with Crippen LogP contribution in [-0.4, -0.2) is 28.9 Å². The van der Waals surface area contributed by atoms with Crippen LogP contribution in [0.4, 0.5) is 0 Å². The quantitative estimate of drug-likeness (QED) is 0.710. The number of hydrogen-bond acceptors (Lipinski definition) is 1. The number of amides is 1. The second kappa shape index (κ2) is 3.43. The molecule has 0 bridgehead atoms. The summed E-state index contributed by atoms with van der Waals surface area (Å²) in [5, 5.41) is 0. The highest BCUT2D eigenvalue weighted by atomic mass is 16.2. The zero-order chi connectivity index (χ0) is 9.14. The van der Waals surface area contributed by atoms with Gasteiger partial charge in [-0.2, -0.15) is 0 Å². The molecular weight excluding hydrogens is 152 g/mol. The smallest absolute Gasteiger partial charge is 0.270 e. The van der Waals surface area contributed by atoms with Gasteiger partial charge in [0, 0.05) is 19.3 Å². The van der Waals surface area contributed by atoms with Crippen LogP contribution in [0, 0.1) is 0 Å². The zero-order valence-corrected chi connectivity index (χ0v) is 7.66. The Morgan fingerprint density at radius 2 is 2.25 bits per heavy atom. The van der Waals surface area contributed by atoms with Gasteiger partial charge in [0.05, 0.1) is 0 Å². The number of aromatic amines is 1. The SMILES string of the molecule is CC(C)N(C)C(=O)c1ccc[nH]1. The summed E-state index contributed by atoms with van der Waals surface area (Å²) in [6.07, 6.45) is 1.75. The molecular formula is C9H14N2O. The van der Waals surface area contributed by atoms with Crippen molar-refractivity contribution in [1.82, 2.24) is 9.88 Å². The van der Waals surface area contributed by atoms with E-state index in [0.29, 0.717) is 5.69 Å². The Bertz CT molecular complexity index is 252. The van der Waals surface area contributed by atoms with Crippen molar-refractivity contribution in [2.24, 2.45) is 0 Å². The third kappa shape index (κ3) is 1.67. The van der Waals surface area contributed by atoms with E-state index in [1.165, 1.54) is 0 Å². The zero-order valence-electron chi connectivity index (χ0n) is 7.66. The van der Waals surface area contributed by atoms with E-state index in [9.17, 15) is 4.79 Å². The van der Waals surface area contributed by atoms with Gasteiger partial charge in [0.15, 0.2) is 0 Å². The average Bonchev–Trinajstić information content (AvgIpc) is 2.53. The van der Waals surface area contributed by atoms with Gasteiger partial charge in [-0.15, -0.1) is 0 Å². The summed E-state index contributed by atoms with van der Waals surface area (Å²) in [5.41, 5.74) is 0.645. The van der Waals surface area contributed by atoms with Crippen LogP contribution >= 0.6 is 0 Å². The van der Waals surface area contributed by atoms with Crippen molar-refractivity contribution in [1.29, 1.82) is 0 Å². The van der Waals surface area contributed by atoms with Gasteiger partial charge in [0.1, 0.15) is 5.69 Å². The monoisotopic (exact) mass is 166 g/mol. The largest absolute Gasteiger partial charge is 0.357 e. The van der Waals surface area contributed by atoms with Crippen LogP contribution in [-0.2, 0) is 0 Å². The molecule has 0 aliphatic heterocycles. The lowest BCUT2D eigenvalue weighted by Crippen LogP contribution is -2.33. The van der Waals surface area contributed by atoms with Crippen molar-refractivity contribution in [2.75, 3.05) is 7.05 Å². The van der Waals surface area contributed by atoms with Crippen molar-refractivity contribution in [3.8, 4) is 0 Å². The molecule has 1 N–H and O–H groups in total. The number of aromatic nitrogens is 1. The predicted octanol–water partition coefficient (Wildman–Crippen LogP) is 1.50. The molecule has 0 saturated heterocycles. The van der Waals surface area contributed by atoms with E-state index in [1.54, 1.807) is 24.2 Å². The number of nitrogens with one attached hydrogen (secondary N) is 1. The third-order valence-electron chi connectivity index (χ3n) is 1.92. The van der Waals surface area contributed by atoms with E-state index in [-0.39, 0.29) is 11.9 Å². The molecule has 66 valence electrons. The normalized spacial score (nSPS) is 10.3. The standard InChI is InChI=1S/C9H14N2O/c1-7(2)11(3)9(12)8-5-4-6-10-8/h4-7,10H,1-3H3.